The number of amides is 1. The average Bonchev–Trinajstić information content (AvgIpc) is 3.10. The number of carbonyl (C=O) groups excluding carboxylic acids is 1. The molecule has 5 N–H and O–H groups in total. The second kappa shape index (κ2) is 37.5. The summed E-state index contributed by atoms with van der Waals surface area (Å²) >= 11 is 0. The van der Waals surface area contributed by atoms with Gasteiger partial charge in [-0.15, -0.1) is 0 Å². The van der Waals surface area contributed by atoms with Gasteiger partial charge in [0.25, 0.3) is 0 Å². The number of unbranched alkanes of at least 4 members (excludes halogenated alkanes) is 22. The van der Waals surface area contributed by atoms with Crippen molar-refractivity contribution in [3.05, 3.63) is 36.5 Å². The van der Waals surface area contributed by atoms with Crippen molar-refractivity contribution in [1.82, 2.24) is 5.32 Å². The van der Waals surface area contributed by atoms with Crippen molar-refractivity contribution in [3.63, 3.8) is 0 Å². The molecule has 3 unspecified atom stereocenters. The number of phosphoric ester groups is 1. The molecule has 0 saturated carbocycles. The normalized spacial score (nSPS) is 14.6. The van der Waals surface area contributed by atoms with E-state index in [-0.39, 0.29) is 25.7 Å². The molecule has 0 radical (unpaired) electrons. The number of aliphatic hydroxyl groups is 1. The average molecular weight is 727 g/mol. The predicted molar refractivity (Wildman–Crippen MR) is 212 cm³/mol. The van der Waals surface area contributed by atoms with Crippen molar-refractivity contribution in [2.24, 2.45) is 5.73 Å². The summed E-state index contributed by atoms with van der Waals surface area (Å²) in [5.74, 6) is -0.208. The zero-order valence-corrected chi connectivity index (χ0v) is 33.3. The highest BCUT2D eigenvalue weighted by atomic mass is 31.2. The molecule has 1 amide bonds. The number of nitrogens with two attached hydrogens (primary N) is 1. The number of carbonyl (C=O) groups is 1. The van der Waals surface area contributed by atoms with Crippen LogP contribution in [-0.2, 0) is 18.4 Å². The summed E-state index contributed by atoms with van der Waals surface area (Å²) in [4.78, 5) is 22.6. The van der Waals surface area contributed by atoms with Gasteiger partial charge < -0.3 is 21.1 Å². The second-order valence-electron chi connectivity index (χ2n) is 13.8. The van der Waals surface area contributed by atoms with Crippen LogP contribution in [-0.4, -0.2) is 47.8 Å². The van der Waals surface area contributed by atoms with Crippen LogP contribution in [0.25, 0.3) is 0 Å². The molecule has 0 spiro atoms. The first kappa shape index (κ1) is 48.7. The molecule has 0 heterocycles. The molecule has 0 aromatic rings. The third-order valence-electron chi connectivity index (χ3n) is 8.95. The van der Waals surface area contributed by atoms with E-state index in [4.69, 9.17) is 14.8 Å². The summed E-state index contributed by atoms with van der Waals surface area (Å²) < 4.78 is 22.1. The monoisotopic (exact) mass is 727 g/mol. The van der Waals surface area contributed by atoms with E-state index in [1.165, 1.54) is 122 Å². The number of hydrogen-bond acceptors (Lipinski definition) is 6. The summed E-state index contributed by atoms with van der Waals surface area (Å²) in [6, 6.07) is -0.879. The van der Waals surface area contributed by atoms with Gasteiger partial charge in [-0.25, -0.2) is 4.57 Å². The molecule has 50 heavy (non-hydrogen) atoms. The lowest BCUT2D eigenvalue weighted by atomic mass is 10.0. The molecule has 0 aliphatic heterocycles. The van der Waals surface area contributed by atoms with Crippen molar-refractivity contribution in [2.75, 3.05) is 19.8 Å². The Morgan fingerprint density at radius 1 is 0.640 bits per heavy atom. The number of phosphoric acid groups is 1. The van der Waals surface area contributed by atoms with Crippen molar-refractivity contribution < 1.29 is 28.4 Å². The fraction of sp³-hybridized carbons (Fsp3) is 0.829. The van der Waals surface area contributed by atoms with Crippen LogP contribution in [0.1, 0.15) is 187 Å². The Morgan fingerprint density at radius 3 is 1.54 bits per heavy atom. The molecule has 3 atom stereocenters. The molecule has 0 aliphatic rings. The Labute approximate surface area is 308 Å². The fourth-order valence-corrected chi connectivity index (χ4v) is 6.57. The van der Waals surface area contributed by atoms with Gasteiger partial charge in [0.05, 0.1) is 25.4 Å². The molecule has 0 fully saturated rings. The highest BCUT2D eigenvalue weighted by molar-refractivity contribution is 7.47. The largest absolute Gasteiger partial charge is 0.472 e. The van der Waals surface area contributed by atoms with Crippen LogP contribution in [0.3, 0.4) is 0 Å². The third kappa shape index (κ3) is 35.1. The Kier molecular flexibility index (Phi) is 36.5. The summed E-state index contributed by atoms with van der Waals surface area (Å²) in [7, 11) is -4.34. The van der Waals surface area contributed by atoms with Crippen LogP contribution in [0, 0.1) is 0 Å². The van der Waals surface area contributed by atoms with Gasteiger partial charge in [0, 0.05) is 13.0 Å². The third-order valence-corrected chi connectivity index (χ3v) is 9.93. The van der Waals surface area contributed by atoms with Crippen molar-refractivity contribution in [2.45, 2.75) is 199 Å². The molecule has 9 heteroatoms. The molecule has 8 nitrogen and oxygen atoms in total. The van der Waals surface area contributed by atoms with Gasteiger partial charge in [0.1, 0.15) is 0 Å². The van der Waals surface area contributed by atoms with Crippen molar-refractivity contribution in [3.8, 4) is 0 Å². The van der Waals surface area contributed by atoms with Gasteiger partial charge in [-0.05, 0) is 44.9 Å². The maximum Gasteiger partial charge on any atom is 0.472 e. The fourth-order valence-electron chi connectivity index (χ4n) is 5.81. The van der Waals surface area contributed by atoms with Gasteiger partial charge in [0.15, 0.2) is 0 Å². The van der Waals surface area contributed by atoms with Crippen LogP contribution >= 0.6 is 7.82 Å². The summed E-state index contributed by atoms with van der Waals surface area (Å²) in [5.41, 5.74) is 5.36. The number of allylic oxidation sites excluding steroid dienone is 5. The van der Waals surface area contributed by atoms with Crippen LogP contribution in [0.2, 0.25) is 0 Å². The lowest BCUT2D eigenvalue weighted by Gasteiger charge is -2.23. The number of aliphatic hydroxyl groups excluding tert-OH is 1. The second-order valence-corrected chi connectivity index (χ2v) is 15.3. The van der Waals surface area contributed by atoms with E-state index in [0.717, 1.165) is 44.9 Å². The predicted octanol–water partition coefficient (Wildman–Crippen LogP) is 11.2. The number of hydrogen-bond donors (Lipinski definition) is 4. The lowest BCUT2D eigenvalue weighted by molar-refractivity contribution is -0.123. The zero-order chi connectivity index (χ0) is 36.8. The Bertz CT molecular complexity index is 881. The minimum absolute atomic E-state index is 0.0725. The molecular formula is C41H79N2O6P. The van der Waals surface area contributed by atoms with Crippen LogP contribution in [0.4, 0.5) is 0 Å². The van der Waals surface area contributed by atoms with Crippen molar-refractivity contribution >= 4 is 13.7 Å². The molecule has 0 saturated heterocycles. The van der Waals surface area contributed by atoms with Gasteiger partial charge in [-0.2, -0.15) is 0 Å². The van der Waals surface area contributed by atoms with Gasteiger partial charge >= 0.3 is 7.82 Å². The van der Waals surface area contributed by atoms with Gasteiger partial charge in [0.2, 0.25) is 5.91 Å². The maximum atomic E-state index is 12.7. The smallest absolute Gasteiger partial charge is 0.387 e. The Hall–Kier alpha value is -1.28. The highest BCUT2D eigenvalue weighted by Crippen LogP contribution is 2.43. The van der Waals surface area contributed by atoms with Gasteiger partial charge in [-0.1, -0.05) is 172 Å². The van der Waals surface area contributed by atoms with Crippen LogP contribution in [0.15, 0.2) is 36.5 Å². The van der Waals surface area contributed by atoms with E-state index in [2.05, 4.69) is 43.5 Å². The zero-order valence-electron chi connectivity index (χ0n) is 32.4. The summed E-state index contributed by atoms with van der Waals surface area (Å²) in [6.07, 6.45) is 43.3. The first-order chi connectivity index (χ1) is 24.4. The highest BCUT2D eigenvalue weighted by Gasteiger charge is 2.26. The summed E-state index contributed by atoms with van der Waals surface area (Å²) in [6.45, 7) is 4.08. The first-order valence-electron chi connectivity index (χ1n) is 20.6. The quantitative estimate of drug-likeness (QED) is 0.0283. The lowest BCUT2D eigenvalue weighted by Crippen LogP contribution is -2.45. The topological polar surface area (TPSA) is 131 Å². The molecule has 0 aromatic carbocycles. The number of nitrogens with one attached hydrogen (secondary N) is 1. The maximum absolute atomic E-state index is 12.7. The van der Waals surface area contributed by atoms with E-state index < -0.39 is 20.0 Å². The van der Waals surface area contributed by atoms with Gasteiger partial charge in [-0.3, -0.25) is 13.8 Å². The van der Waals surface area contributed by atoms with Crippen molar-refractivity contribution in [1.29, 1.82) is 0 Å². The van der Waals surface area contributed by atoms with E-state index in [9.17, 15) is 19.4 Å². The molecule has 0 bridgehead atoms. The standard InChI is InChI=1S/C41H79N2O6P/c1-3-5-7-9-11-13-15-17-19-20-21-23-25-27-29-31-33-35-41(45)43-39(38-49-50(46,47)48-37-36-42)40(44)34-32-30-28-26-24-22-18-16-14-12-10-8-6-4-2/h14,16,24,26,32,34,39-40,44H,3-13,15,17-23,25,27-31,33,35-38,42H2,1-2H3,(H,43,45)(H,46,47)/b16-14+,26-24+,34-32+. The molecule has 0 aliphatic carbocycles. The minimum Gasteiger partial charge on any atom is -0.387 e. The minimum atomic E-state index is -4.34. The molecule has 0 aromatic heterocycles. The van der Waals surface area contributed by atoms with E-state index in [0.29, 0.717) is 6.42 Å². The van der Waals surface area contributed by atoms with E-state index in [1.807, 2.05) is 6.08 Å². The Balaban J connectivity index is 4.29. The van der Waals surface area contributed by atoms with E-state index in [1.54, 1.807) is 6.08 Å². The molecular weight excluding hydrogens is 647 g/mol. The Morgan fingerprint density at radius 2 is 1.06 bits per heavy atom. The van der Waals surface area contributed by atoms with Crippen LogP contribution in [0.5, 0.6) is 0 Å². The van der Waals surface area contributed by atoms with Crippen LogP contribution < -0.4 is 11.1 Å². The van der Waals surface area contributed by atoms with E-state index >= 15 is 0 Å². The summed E-state index contributed by atoms with van der Waals surface area (Å²) in [5, 5.41) is 13.6. The first-order valence-corrected chi connectivity index (χ1v) is 22.1. The number of rotatable bonds is 38. The molecule has 0 rings (SSSR count). The SMILES string of the molecule is CCCCCC/C=C/CC/C=C/CC/C=C/C(O)C(COP(=O)(O)OCCN)NC(=O)CCCCCCCCCCCCCCCCCCC. The molecule has 294 valence electrons.